The third-order valence-corrected chi connectivity index (χ3v) is 4.24. The third-order valence-electron chi connectivity index (χ3n) is 4.24. The Morgan fingerprint density at radius 3 is 2.19 bits per heavy atom. The van der Waals surface area contributed by atoms with Crippen LogP contribution in [0.2, 0.25) is 0 Å². The summed E-state index contributed by atoms with van der Waals surface area (Å²) in [6.07, 6.45) is -1.40. The normalized spacial score (nSPS) is 13.1. The van der Waals surface area contributed by atoms with E-state index in [-0.39, 0.29) is 23.9 Å². The second kappa shape index (κ2) is 11.4. The molecule has 0 fully saturated rings. The van der Waals surface area contributed by atoms with Crippen molar-refractivity contribution in [2.75, 3.05) is 6.54 Å². The van der Waals surface area contributed by atoms with Crippen LogP contribution in [0.15, 0.2) is 24.3 Å². The first kappa shape index (κ1) is 26.7. The highest BCUT2D eigenvalue weighted by Crippen LogP contribution is 2.29. The van der Waals surface area contributed by atoms with Crippen molar-refractivity contribution in [1.82, 2.24) is 15.5 Å². The highest BCUT2D eigenvalue weighted by Gasteiger charge is 2.37. The number of nitrogens with zero attached hydrogens (tertiary/aromatic N) is 1. The number of phenolic OH excluding ortho intramolecular Hbond substituents is 1. The lowest BCUT2D eigenvalue weighted by Crippen LogP contribution is -2.54. The van der Waals surface area contributed by atoms with Crippen LogP contribution in [0.1, 0.15) is 59.6 Å². The minimum atomic E-state index is -1.36. The molecule has 0 heterocycles. The Hall–Kier alpha value is -3.30. The number of hydrogen-bond acceptors (Lipinski definition) is 6. The first-order valence-electron chi connectivity index (χ1n) is 10.4. The van der Waals surface area contributed by atoms with Gasteiger partial charge in [0.1, 0.15) is 23.4 Å². The first-order chi connectivity index (χ1) is 14.8. The summed E-state index contributed by atoms with van der Waals surface area (Å²) in [6.45, 7) is 10.2. The molecule has 0 aliphatic rings. The molecule has 1 rings (SSSR count). The van der Waals surface area contributed by atoms with Crippen molar-refractivity contribution in [3.8, 4) is 5.75 Å². The van der Waals surface area contributed by atoms with Crippen molar-refractivity contribution < 1.29 is 29.0 Å². The van der Waals surface area contributed by atoms with E-state index in [1.54, 1.807) is 53.7 Å². The van der Waals surface area contributed by atoms with E-state index in [9.17, 15) is 24.3 Å². The number of nitrogens with two attached hydrogens (primary N) is 1. The van der Waals surface area contributed by atoms with Crippen LogP contribution in [0, 0.1) is 0 Å². The average molecular weight is 451 g/mol. The van der Waals surface area contributed by atoms with Gasteiger partial charge in [-0.05, 0) is 47.6 Å². The van der Waals surface area contributed by atoms with Crippen molar-refractivity contribution >= 4 is 23.8 Å². The van der Waals surface area contributed by atoms with E-state index >= 15 is 0 Å². The van der Waals surface area contributed by atoms with Crippen LogP contribution in [0.5, 0.6) is 5.75 Å². The van der Waals surface area contributed by atoms with Crippen LogP contribution in [-0.4, -0.2) is 58.1 Å². The number of likely N-dealkylation sites (N-methyl/N-ethyl adjacent to an activating group) is 1. The molecule has 0 bridgehead atoms. The summed E-state index contributed by atoms with van der Waals surface area (Å²) in [5.74, 6) is -2.23. The molecule has 2 unspecified atom stereocenters. The average Bonchev–Trinajstić information content (AvgIpc) is 2.63. The van der Waals surface area contributed by atoms with Crippen molar-refractivity contribution in [1.29, 1.82) is 0 Å². The fourth-order valence-electron chi connectivity index (χ4n) is 3.05. The molecule has 5 N–H and O–H groups in total. The zero-order chi connectivity index (χ0) is 24.6. The summed E-state index contributed by atoms with van der Waals surface area (Å²) in [4.78, 5) is 51.5. The number of nitrogens with one attached hydrogen (secondary N) is 2. The molecule has 0 aliphatic heterocycles. The van der Waals surface area contributed by atoms with E-state index in [1.807, 2.05) is 0 Å². The van der Waals surface area contributed by atoms with Gasteiger partial charge < -0.3 is 31.1 Å². The van der Waals surface area contributed by atoms with Crippen LogP contribution >= 0.6 is 0 Å². The van der Waals surface area contributed by atoms with Gasteiger partial charge in [-0.3, -0.25) is 14.4 Å². The molecule has 4 amide bonds. The van der Waals surface area contributed by atoms with E-state index in [0.29, 0.717) is 0 Å². The molecule has 1 aromatic rings. The topological polar surface area (TPSA) is 151 Å². The van der Waals surface area contributed by atoms with E-state index in [4.69, 9.17) is 10.5 Å². The minimum Gasteiger partial charge on any atom is -0.508 e. The fourth-order valence-corrected chi connectivity index (χ4v) is 3.05. The van der Waals surface area contributed by atoms with Crippen LogP contribution < -0.4 is 16.4 Å². The Morgan fingerprint density at radius 1 is 1.12 bits per heavy atom. The summed E-state index contributed by atoms with van der Waals surface area (Å²) >= 11 is 0. The molecule has 0 aromatic heterocycles. The maximum Gasteiger partial charge on any atom is 0.408 e. The van der Waals surface area contributed by atoms with Gasteiger partial charge in [-0.15, -0.1) is 0 Å². The maximum absolute atomic E-state index is 13.4. The monoisotopic (exact) mass is 450 g/mol. The number of carbonyl (C=O) groups is 4. The van der Waals surface area contributed by atoms with Crippen molar-refractivity contribution in [2.45, 2.75) is 71.7 Å². The predicted octanol–water partition coefficient (Wildman–Crippen LogP) is 1.58. The number of para-hydroxylation sites is 1. The Kier molecular flexibility index (Phi) is 9.49. The predicted molar refractivity (Wildman–Crippen MR) is 118 cm³/mol. The SMILES string of the molecule is CCN(C(=O)C(CC(N)=O)NC(=O)OC(C)(C)C)C(C(=O)NC(C)C)c1ccccc1O. The molecule has 0 aliphatic carbocycles. The first-order valence-corrected chi connectivity index (χ1v) is 10.4. The summed E-state index contributed by atoms with van der Waals surface area (Å²) in [5.41, 5.74) is 4.67. The quantitative estimate of drug-likeness (QED) is 0.448. The number of carbonyl (C=O) groups excluding carboxylic acids is 4. The summed E-state index contributed by atoms with van der Waals surface area (Å²) in [6, 6.07) is 3.36. The summed E-state index contributed by atoms with van der Waals surface area (Å²) < 4.78 is 5.19. The Labute approximate surface area is 188 Å². The van der Waals surface area contributed by atoms with Gasteiger partial charge in [-0.2, -0.15) is 0 Å². The van der Waals surface area contributed by atoms with E-state index in [2.05, 4.69) is 10.6 Å². The van der Waals surface area contributed by atoms with Gasteiger partial charge in [0.2, 0.25) is 17.7 Å². The number of rotatable bonds is 9. The van der Waals surface area contributed by atoms with Crippen LogP contribution in [0.3, 0.4) is 0 Å². The molecule has 178 valence electrons. The lowest BCUT2D eigenvalue weighted by atomic mass is 10.0. The summed E-state index contributed by atoms with van der Waals surface area (Å²) in [7, 11) is 0. The van der Waals surface area contributed by atoms with Crippen molar-refractivity contribution in [3.63, 3.8) is 0 Å². The number of amides is 4. The molecule has 1 aromatic carbocycles. The standard InChI is InChI=1S/C22H34N4O6/c1-7-26(18(19(29)24-13(2)3)14-10-8-9-11-16(14)27)20(30)15(12-17(23)28)25-21(31)32-22(4,5)6/h8-11,13,15,18,27H,7,12H2,1-6H3,(H2,23,28)(H,24,29)(H,25,31). The van der Waals surface area contributed by atoms with Crippen LogP contribution in [0.4, 0.5) is 4.79 Å². The zero-order valence-corrected chi connectivity index (χ0v) is 19.5. The molecule has 10 heteroatoms. The molecule has 0 saturated carbocycles. The fraction of sp³-hybridized carbons (Fsp3) is 0.545. The van der Waals surface area contributed by atoms with Gasteiger partial charge >= 0.3 is 6.09 Å². The largest absolute Gasteiger partial charge is 0.508 e. The Balaban J connectivity index is 3.37. The van der Waals surface area contributed by atoms with Crippen molar-refractivity contribution in [3.05, 3.63) is 29.8 Å². The third kappa shape index (κ3) is 8.09. The van der Waals surface area contributed by atoms with Crippen LogP contribution in [-0.2, 0) is 19.1 Å². The number of primary amides is 1. The smallest absolute Gasteiger partial charge is 0.408 e. The van der Waals surface area contributed by atoms with Gasteiger partial charge in [0.15, 0.2) is 0 Å². The number of aromatic hydroxyl groups is 1. The van der Waals surface area contributed by atoms with E-state index in [0.717, 1.165) is 0 Å². The highest BCUT2D eigenvalue weighted by molar-refractivity contribution is 5.94. The molecule has 0 saturated heterocycles. The number of phenols is 1. The number of benzene rings is 1. The molecule has 0 spiro atoms. The number of hydrogen-bond donors (Lipinski definition) is 4. The van der Waals surface area contributed by atoms with Gasteiger partial charge in [-0.1, -0.05) is 18.2 Å². The Morgan fingerprint density at radius 2 is 1.72 bits per heavy atom. The second-order valence-electron chi connectivity index (χ2n) is 8.62. The highest BCUT2D eigenvalue weighted by atomic mass is 16.6. The molecule has 2 atom stereocenters. The summed E-state index contributed by atoms with van der Waals surface area (Å²) in [5, 5.41) is 15.5. The molecule has 10 nitrogen and oxygen atoms in total. The van der Waals surface area contributed by atoms with E-state index in [1.165, 1.54) is 17.0 Å². The zero-order valence-electron chi connectivity index (χ0n) is 19.5. The second-order valence-corrected chi connectivity index (χ2v) is 8.62. The number of alkyl carbamates (subject to hydrolysis) is 1. The molecular weight excluding hydrogens is 416 g/mol. The Bertz CT molecular complexity index is 834. The minimum absolute atomic E-state index is 0.0502. The van der Waals surface area contributed by atoms with Crippen molar-refractivity contribution in [2.24, 2.45) is 5.73 Å². The molecule has 0 radical (unpaired) electrons. The van der Waals surface area contributed by atoms with Gasteiger partial charge in [0.05, 0.1) is 6.42 Å². The van der Waals surface area contributed by atoms with Gasteiger partial charge in [0.25, 0.3) is 0 Å². The lowest BCUT2D eigenvalue weighted by molar-refractivity contribution is -0.143. The number of ether oxygens (including phenoxy) is 1. The van der Waals surface area contributed by atoms with Gasteiger partial charge in [-0.25, -0.2) is 4.79 Å². The maximum atomic E-state index is 13.4. The lowest BCUT2D eigenvalue weighted by Gasteiger charge is -2.34. The molecular formula is C22H34N4O6. The van der Waals surface area contributed by atoms with E-state index < -0.39 is 47.9 Å². The van der Waals surface area contributed by atoms with Gasteiger partial charge in [0, 0.05) is 18.2 Å². The molecule has 32 heavy (non-hydrogen) atoms. The van der Waals surface area contributed by atoms with Crippen LogP contribution in [0.25, 0.3) is 0 Å².